The van der Waals surface area contributed by atoms with E-state index in [-0.39, 0.29) is 0 Å². The molecule has 1 aromatic rings. The fourth-order valence-electron chi connectivity index (χ4n) is 2.34. The molecule has 1 N–H and O–H groups in total. The molecule has 16 heavy (non-hydrogen) atoms. The average Bonchev–Trinajstić information content (AvgIpc) is 2.15. The largest absolute Gasteiger partial charge is 0.309 e. The lowest BCUT2D eigenvalue weighted by atomic mass is 10.1. The molecule has 1 fully saturated rings. The van der Waals surface area contributed by atoms with Crippen LogP contribution in [0.4, 0.5) is 0 Å². The lowest BCUT2D eigenvalue weighted by Gasteiger charge is -2.35. The van der Waals surface area contributed by atoms with Crippen LogP contribution in [0.1, 0.15) is 19.5 Å². The summed E-state index contributed by atoms with van der Waals surface area (Å²) < 4.78 is 0. The van der Waals surface area contributed by atoms with Crippen LogP contribution in [0.2, 0.25) is 5.15 Å². The van der Waals surface area contributed by atoms with Gasteiger partial charge in [-0.1, -0.05) is 17.7 Å². The van der Waals surface area contributed by atoms with Crippen molar-refractivity contribution in [2.45, 2.75) is 32.5 Å². The molecule has 0 aliphatic carbocycles. The summed E-state index contributed by atoms with van der Waals surface area (Å²) in [6.07, 6.45) is 0. The molecule has 1 aliphatic rings. The van der Waals surface area contributed by atoms with Gasteiger partial charge in [-0.25, -0.2) is 4.98 Å². The summed E-state index contributed by atoms with van der Waals surface area (Å²) in [5, 5.41) is 4.10. The highest BCUT2D eigenvalue weighted by Crippen LogP contribution is 2.11. The van der Waals surface area contributed by atoms with Gasteiger partial charge in [0.05, 0.1) is 5.69 Å². The SMILES string of the molecule is CC1CN(Cc2cccc(Cl)n2)CC(C)N1. The molecule has 2 unspecified atom stereocenters. The molecule has 0 bridgehead atoms. The molecule has 88 valence electrons. The maximum atomic E-state index is 5.88. The van der Waals surface area contributed by atoms with Crippen LogP contribution < -0.4 is 5.32 Å². The average molecular weight is 240 g/mol. The van der Waals surface area contributed by atoms with E-state index in [0.29, 0.717) is 17.2 Å². The Morgan fingerprint density at radius 3 is 2.69 bits per heavy atom. The second-order valence-corrected chi connectivity index (χ2v) is 5.00. The van der Waals surface area contributed by atoms with E-state index in [2.05, 4.69) is 29.0 Å². The molecule has 1 saturated heterocycles. The first-order chi connectivity index (χ1) is 7.63. The molecule has 0 radical (unpaired) electrons. The van der Waals surface area contributed by atoms with E-state index >= 15 is 0 Å². The predicted molar refractivity (Wildman–Crippen MR) is 66.6 cm³/mol. The number of hydrogen-bond acceptors (Lipinski definition) is 3. The quantitative estimate of drug-likeness (QED) is 0.800. The van der Waals surface area contributed by atoms with Gasteiger partial charge >= 0.3 is 0 Å². The van der Waals surface area contributed by atoms with Gasteiger partial charge in [0.15, 0.2) is 0 Å². The Bertz CT molecular complexity index is 346. The first-order valence-corrected chi connectivity index (χ1v) is 6.11. The van der Waals surface area contributed by atoms with Gasteiger partial charge in [-0.15, -0.1) is 0 Å². The van der Waals surface area contributed by atoms with E-state index in [1.165, 1.54) is 0 Å². The molecular weight excluding hydrogens is 222 g/mol. The van der Waals surface area contributed by atoms with Crippen LogP contribution >= 0.6 is 11.6 Å². The zero-order valence-electron chi connectivity index (χ0n) is 9.78. The molecule has 0 spiro atoms. The number of pyridine rings is 1. The highest BCUT2D eigenvalue weighted by atomic mass is 35.5. The van der Waals surface area contributed by atoms with Crippen molar-refractivity contribution in [1.29, 1.82) is 0 Å². The van der Waals surface area contributed by atoms with E-state index in [4.69, 9.17) is 11.6 Å². The number of rotatable bonds is 2. The Morgan fingerprint density at radius 2 is 2.06 bits per heavy atom. The lowest BCUT2D eigenvalue weighted by Crippen LogP contribution is -2.53. The zero-order chi connectivity index (χ0) is 11.5. The van der Waals surface area contributed by atoms with Crippen molar-refractivity contribution < 1.29 is 0 Å². The van der Waals surface area contributed by atoms with Crippen molar-refractivity contribution >= 4 is 11.6 Å². The fraction of sp³-hybridized carbons (Fsp3) is 0.583. The van der Waals surface area contributed by atoms with E-state index in [1.54, 1.807) is 0 Å². The van der Waals surface area contributed by atoms with Gasteiger partial charge in [0.2, 0.25) is 0 Å². The maximum Gasteiger partial charge on any atom is 0.129 e. The summed E-state index contributed by atoms with van der Waals surface area (Å²) in [5.74, 6) is 0. The van der Waals surface area contributed by atoms with Crippen molar-refractivity contribution in [2.24, 2.45) is 0 Å². The summed E-state index contributed by atoms with van der Waals surface area (Å²) in [5.41, 5.74) is 1.05. The fourth-order valence-corrected chi connectivity index (χ4v) is 2.52. The number of halogens is 1. The number of nitrogens with one attached hydrogen (secondary N) is 1. The van der Waals surface area contributed by atoms with Crippen molar-refractivity contribution in [1.82, 2.24) is 15.2 Å². The van der Waals surface area contributed by atoms with E-state index in [0.717, 1.165) is 25.3 Å². The van der Waals surface area contributed by atoms with Gasteiger partial charge in [-0.05, 0) is 26.0 Å². The number of hydrogen-bond donors (Lipinski definition) is 1. The highest BCUT2D eigenvalue weighted by Gasteiger charge is 2.20. The smallest absolute Gasteiger partial charge is 0.129 e. The molecule has 2 heterocycles. The van der Waals surface area contributed by atoms with Gasteiger partial charge < -0.3 is 5.32 Å². The molecule has 1 aliphatic heterocycles. The van der Waals surface area contributed by atoms with Gasteiger partial charge in [0.25, 0.3) is 0 Å². The summed E-state index contributed by atoms with van der Waals surface area (Å²) in [6, 6.07) is 6.89. The van der Waals surface area contributed by atoms with Gasteiger partial charge in [-0.3, -0.25) is 4.90 Å². The third-order valence-electron chi connectivity index (χ3n) is 2.79. The molecule has 3 nitrogen and oxygen atoms in total. The topological polar surface area (TPSA) is 28.2 Å². The number of aromatic nitrogens is 1. The number of nitrogens with zero attached hydrogens (tertiary/aromatic N) is 2. The molecular formula is C12H18ClN3. The van der Waals surface area contributed by atoms with Crippen molar-refractivity contribution in [3.05, 3.63) is 29.0 Å². The normalized spacial score (nSPS) is 26.9. The molecule has 4 heteroatoms. The predicted octanol–water partition coefficient (Wildman–Crippen LogP) is 1.92. The molecule has 0 aromatic carbocycles. The summed E-state index contributed by atoms with van der Waals surface area (Å²) in [7, 11) is 0. The number of piperazine rings is 1. The Labute approximate surface area is 102 Å². The van der Waals surface area contributed by atoms with Crippen molar-refractivity contribution in [2.75, 3.05) is 13.1 Å². The second-order valence-electron chi connectivity index (χ2n) is 4.61. The Balaban J connectivity index is 1.98. The summed E-state index contributed by atoms with van der Waals surface area (Å²) in [4.78, 5) is 6.74. The third-order valence-corrected chi connectivity index (χ3v) is 3.00. The maximum absolute atomic E-state index is 5.88. The molecule has 1 aromatic heterocycles. The van der Waals surface area contributed by atoms with Crippen LogP contribution in [0.25, 0.3) is 0 Å². The molecule has 2 atom stereocenters. The molecule has 0 saturated carbocycles. The van der Waals surface area contributed by atoms with Crippen LogP contribution in [0, 0.1) is 0 Å². The van der Waals surface area contributed by atoms with Crippen molar-refractivity contribution in [3.63, 3.8) is 0 Å². The molecule has 0 amide bonds. The van der Waals surface area contributed by atoms with Crippen LogP contribution in [0.15, 0.2) is 18.2 Å². The second kappa shape index (κ2) is 5.13. The van der Waals surface area contributed by atoms with Gasteiger partial charge in [0.1, 0.15) is 5.15 Å². The minimum atomic E-state index is 0.544. The van der Waals surface area contributed by atoms with E-state index < -0.39 is 0 Å². The van der Waals surface area contributed by atoms with E-state index in [1.807, 2.05) is 18.2 Å². The van der Waals surface area contributed by atoms with Crippen LogP contribution in [-0.2, 0) is 6.54 Å². The van der Waals surface area contributed by atoms with Crippen LogP contribution in [0.3, 0.4) is 0 Å². The summed E-state index contributed by atoms with van der Waals surface area (Å²) in [6.45, 7) is 7.45. The van der Waals surface area contributed by atoms with E-state index in [9.17, 15) is 0 Å². The van der Waals surface area contributed by atoms with Crippen LogP contribution in [0.5, 0.6) is 0 Å². The Kier molecular flexibility index (Phi) is 3.79. The lowest BCUT2D eigenvalue weighted by molar-refractivity contribution is 0.165. The van der Waals surface area contributed by atoms with Gasteiger partial charge in [0, 0.05) is 31.7 Å². The highest BCUT2D eigenvalue weighted by molar-refractivity contribution is 6.29. The standard InChI is InChI=1S/C12H18ClN3/c1-9-6-16(7-10(2)14-9)8-11-4-3-5-12(13)15-11/h3-5,9-10,14H,6-8H2,1-2H3. The minimum absolute atomic E-state index is 0.544. The Morgan fingerprint density at radius 1 is 1.38 bits per heavy atom. The summed E-state index contributed by atoms with van der Waals surface area (Å²) >= 11 is 5.88. The first-order valence-electron chi connectivity index (χ1n) is 5.73. The van der Waals surface area contributed by atoms with Crippen LogP contribution in [-0.4, -0.2) is 35.1 Å². The Hall–Kier alpha value is -0.640. The van der Waals surface area contributed by atoms with Crippen molar-refractivity contribution in [3.8, 4) is 0 Å². The molecule has 2 rings (SSSR count). The van der Waals surface area contributed by atoms with Gasteiger partial charge in [-0.2, -0.15) is 0 Å². The zero-order valence-corrected chi connectivity index (χ0v) is 10.5. The minimum Gasteiger partial charge on any atom is -0.309 e. The monoisotopic (exact) mass is 239 g/mol. The third kappa shape index (κ3) is 3.17. The first kappa shape index (κ1) is 11.8.